The van der Waals surface area contributed by atoms with Crippen LogP contribution in [0, 0.1) is 0 Å². The molecular formula is C14H17N3. The first-order chi connectivity index (χ1) is 8.25. The molecule has 3 heteroatoms. The fourth-order valence-corrected chi connectivity index (χ4v) is 1.66. The van der Waals surface area contributed by atoms with Crippen molar-refractivity contribution in [1.29, 1.82) is 0 Å². The first-order valence-electron chi connectivity index (χ1n) is 5.97. The fourth-order valence-electron chi connectivity index (χ4n) is 1.66. The van der Waals surface area contributed by atoms with E-state index in [0.29, 0.717) is 5.92 Å². The molecule has 0 N–H and O–H groups in total. The van der Waals surface area contributed by atoms with Crippen LogP contribution in [0.2, 0.25) is 0 Å². The van der Waals surface area contributed by atoms with Crippen molar-refractivity contribution in [1.82, 2.24) is 15.0 Å². The van der Waals surface area contributed by atoms with E-state index >= 15 is 0 Å². The Labute approximate surface area is 102 Å². The van der Waals surface area contributed by atoms with Crippen LogP contribution in [0.25, 0.3) is 0 Å². The summed E-state index contributed by atoms with van der Waals surface area (Å²) in [5.41, 5.74) is 2.26. The van der Waals surface area contributed by atoms with E-state index in [1.165, 1.54) is 0 Å². The molecule has 0 aromatic carbocycles. The Balaban J connectivity index is 2.02. The van der Waals surface area contributed by atoms with E-state index in [2.05, 4.69) is 47.0 Å². The summed E-state index contributed by atoms with van der Waals surface area (Å²) in [4.78, 5) is 13.1. The van der Waals surface area contributed by atoms with Gasteiger partial charge in [0.2, 0.25) is 0 Å². The molecule has 0 saturated heterocycles. The monoisotopic (exact) mass is 227 g/mol. The number of hydrogen-bond donors (Lipinski definition) is 0. The SMILES string of the molecule is CC(C)c1cccc(CCc2ncccn2)n1. The van der Waals surface area contributed by atoms with Crippen molar-refractivity contribution in [3.63, 3.8) is 0 Å². The van der Waals surface area contributed by atoms with Crippen molar-refractivity contribution in [2.45, 2.75) is 32.6 Å². The maximum Gasteiger partial charge on any atom is 0.128 e. The van der Waals surface area contributed by atoms with Crippen molar-refractivity contribution in [3.8, 4) is 0 Å². The zero-order chi connectivity index (χ0) is 12.1. The van der Waals surface area contributed by atoms with Gasteiger partial charge in [-0.2, -0.15) is 0 Å². The average Bonchev–Trinajstić information content (AvgIpc) is 2.38. The van der Waals surface area contributed by atoms with Crippen LogP contribution in [0.4, 0.5) is 0 Å². The molecular weight excluding hydrogens is 210 g/mol. The van der Waals surface area contributed by atoms with Crippen molar-refractivity contribution in [2.75, 3.05) is 0 Å². The largest absolute Gasteiger partial charge is 0.258 e. The van der Waals surface area contributed by atoms with Crippen molar-refractivity contribution >= 4 is 0 Å². The Kier molecular flexibility index (Phi) is 3.81. The molecule has 0 radical (unpaired) electrons. The van der Waals surface area contributed by atoms with E-state index in [1.807, 2.05) is 6.07 Å². The number of pyridine rings is 1. The molecule has 2 rings (SSSR count). The number of hydrogen-bond acceptors (Lipinski definition) is 3. The topological polar surface area (TPSA) is 38.7 Å². The molecule has 0 aliphatic rings. The molecule has 0 spiro atoms. The molecule has 88 valence electrons. The molecule has 0 aliphatic carbocycles. The third-order valence-electron chi connectivity index (χ3n) is 2.64. The molecule has 0 saturated carbocycles. The number of aryl methyl sites for hydroxylation is 2. The van der Waals surface area contributed by atoms with Crippen molar-refractivity contribution < 1.29 is 0 Å². The third-order valence-corrected chi connectivity index (χ3v) is 2.64. The predicted octanol–water partition coefficient (Wildman–Crippen LogP) is 2.78. The van der Waals surface area contributed by atoms with E-state index in [9.17, 15) is 0 Å². The summed E-state index contributed by atoms with van der Waals surface area (Å²) >= 11 is 0. The van der Waals surface area contributed by atoms with Crippen LogP contribution in [0.1, 0.15) is 37.0 Å². The number of aromatic nitrogens is 3. The first kappa shape index (κ1) is 11.7. The van der Waals surface area contributed by atoms with Gasteiger partial charge in [-0.3, -0.25) is 4.98 Å². The third kappa shape index (κ3) is 3.34. The Morgan fingerprint density at radius 3 is 2.47 bits per heavy atom. The minimum absolute atomic E-state index is 0.475. The standard InChI is InChI=1S/C14H17N3/c1-11(2)13-6-3-5-12(17-13)7-8-14-15-9-4-10-16-14/h3-6,9-11H,7-8H2,1-2H3. The molecule has 17 heavy (non-hydrogen) atoms. The second-order valence-corrected chi connectivity index (χ2v) is 4.37. The van der Waals surface area contributed by atoms with E-state index in [0.717, 1.165) is 30.1 Å². The number of nitrogens with zero attached hydrogens (tertiary/aromatic N) is 3. The molecule has 3 nitrogen and oxygen atoms in total. The van der Waals surface area contributed by atoms with Gasteiger partial charge < -0.3 is 0 Å². The van der Waals surface area contributed by atoms with Gasteiger partial charge in [0.25, 0.3) is 0 Å². The minimum Gasteiger partial charge on any atom is -0.258 e. The van der Waals surface area contributed by atoms with Gasteiger partial charge in [0.15, 0.2) is 0 Å². The maximum absolute atomic E-state index is 4.63. The summed E-state index contributed by atoms with van der Waals surface area (Å²) < 4.78 is 0. The lowest BCUT2D eigenvalue weighted by atomic mass is 10.1. The molecule has 0 unspecified atom stereocenters. The van der Waals surface area contributed by atoms with Gasteiger partial charge in [0.05, 0.1) is 0 Å². The fraction of sp³-hybridized carbons (Fsp3) is 0.357. The summed E-state index contributed by atoms with van der Waals surface area (Å²) in [6.07, 6.45) is 5.29. The van der Waals surface area contributed by atoms with Gasteiger partial charge in [-0.15, -0.1) is 0 Å². The number of rotatable bonds is 4. The van der Waals surface area contributed by atoms with Crippen LogP contribution in [0.3, 0.4) is 0 Å². The Morgan fingerprint density at radius 2 is 1.76 bits per heavy atom. The molecule has 0 aliphatic heterocycles. The van der Waals surface area contributed by atoms with Crippen LogP contribution in [-0.4, -0.2) is 15.0 Å². The summed E-state index contributed by atoms with van der Waals surface area (Å²) in [6, 6.07) is 8.05. The summed E-state index contributed by atoms with van der Waals surface area (Å²) in [6.45, 7) is 4.32. The van der Waals surface area contributed by atoms with E-state index < -0.39 is 0 Å². The maximum atomic E-state index is 4.63. The van der Waals surface area contributed by atoms with Gasteiger partial charge in [0.1, 0.15) is 5.82 Å². The van der Waals surface area contributed by atoms with Gasteiger partial charge >= 0.3 is 0 Å². The Bertz CT molecular complexity index is 466. The van der Waals surface area contributed by atoms with Gasteiger partial charge in [-0.25, -0.2) is 9.97 Å². The normalized spacial score (nSPS) is 10.8. The van der Waals surface area contributed by atoms with E-state index in [4.69, 9.17) is 0 Å². The highest BCUT2D eigenvalue weighted by Crippen LogP contribution is 2.12. The lowest BCUT2D eigenvalue weighted by Gasteiger charge is -2.06. The van der Waals surface area contributed by atoms with Crippen molar-refractivity contribution in [2.24, 2.45) is 0 Å². The molecule has 0 bridgehead atoms. The smallest absolute Gasteiger partial charge is 0.128 e. The summed E-state index contributed by atoms with van der Waals surface area (Å²) in [5, 5.41) is 0. The highest BCUT2D eigenvalue weighted by Gasteiger charge is 2.03. The van der Waals surface area contributed by atoms with Gasteiger partial charge in [-0.05, 0) is 30.5 Å². The summed E-state index contributed by atoms with van der Waals surface area (Å²) in [7, 11) is 0. The molecule has 0 fully saturated rings. The van der Waals surface area contributed by atoms with Crippen LogP contribution in [-0.2, 0) is 12.8 Å². The van der Waals surface area contributed by atoms with Crippen LogP contribution in [0.15, 0.2) is 36.7 Å². The molecule has 2 aromatic rings. The Hall–Kier alpha value is -1.77. The predicted molar refractivity (Wildman–Crippen MR) is 67.8 cm³/mol. The van der Waals surface area contributed by atoms with Gasteiger partial charge in [-0.1, -0.05) is 19.9 Å². The quantitative estimate of drug-likeness (QED) is 0.806. The molecule has 2 heterocycles. The average molecular weight is 227 g/mol. The van der Waals surface area contributed by atoms with Gasteiger partial charge in [0, 0.05) is 30.2 Å². The summed E-state index contributed by atoms with van der Waals surface area (Å²) in [5.74, 6) is 1.35. The highest BCUT2D eigenvalue weighted by atomic mass is 14.8. The highest BCUT2D eigenvalue weighted by molar-refractivity contribution is 5.14. The van der Waals surface area contributed by atoms with E-state index in [-0.39, 0.29) is 0 Å². The van der Waals surface area contributed by atoms with Crippen LogP contribution in [0.5, 0.6) is 0 Å². The zero-order valence-corrected chi connectivity index (χ0v) is 10.3. The zero-order valence-electron chi connectivity index (χ0n) is 10.3. The molecule has 0 amide bonds. The first-order valence-corrected chi connectivity index (χ1v) is 5.97. The Morgan fingerprint density at radius 1 is 1.00 bits per heavy atom. The minimum atomic E-state index is 0.475. The van der Waals surface area contributed by atoms with Crippen LogP contribution >= 0.6 is 0 Å². The lowest BCUT2D eigenvalue weighted by Crippen LogP contribution is -2.01. The second-order valence-electron chi connectivity index (χ2n) is 4.37. The van der Waals surface area contributed by atoms with E-state index in [1.54, 1.807) is 12.4 Å². The second kappa shape index (κ2) is 5.53. The molecule has 2 aromatic heterocycles. The lowest BCUT2D eigenvalue weighted by molar-refractivity contribution is 0.783. The van der Waals surface area contributed by atoms with Crippen molar-refractivity contribution in [3.05, 3.63) is 53.9 Å². The molecule has 0 atom stereocenters. The van der Waals surface area contributed by atoms with Crippen LogP contribution < -0.4 is 0 Å².